The highest BCUT2D eigenvalue weighted by molar-refractivity contribution is 5.89. The molecule has 3 nitrogen and oxygen atoms in total. The molecule has 48 heavy (non-hydrogen) atoms. The standard InChI is InChI=1S/C45H37N3/c1-44(2)39-28-27-33(29-38(39)36-26-16-25-35(40(36)45(44,3)4)30-17-8-5-9-18-30)34-23-14-15-24-37(34)43-47-41(31-19-10-6-11-20-31)46-42(48-43)32-21-12-7-13-22-32/h5-29H,1-4H3. The van der Waals surface area contributed by atoms with Crippen molar-refractivity contribution in [1.82, 2.24) is 15.0 Å². The Morgan fingerprint density at radius 1 is 0.333 bits per heavy atom. The molecule has 0 aliphatic heterocycles. The molecule has 0 bridgehead atoms. The third-order valence-electron chi connectivity index (χ3n) is 10.5. The van der Waals surface area contributed by atoms with E-state index in [1.165, 1.54) is 33.4 Å². The van der Waals surface area contributed by atoms with Crippen LogP contribution < -0.4 is 0 Å². The Kier molecular flexibility index (Phi) is 7.14. The molecule has 0 N–H and O–H groups in total. The first-order chi connectivity index (χ1) is 23.3. The molecule has 3 heteroatoms. The van der Waals surface area contributed by atoms with Crippen LogP contribution in [0.25, 0.3) is 67.5 Å². The molecule has 8 rings (SSSR count). The number of benzene rings is 6. The predicted molar refractivity (Wildman–Crippen MR) is 198 cm³/mol. The summed E-state index contributed by atoms with van der Waals surface area (Å²) >= 11 is 0. The van der Waals surface area contributed by atoms with E-state index in [-0.39, 0.29) is 10.8 Å². The van der Waals surface area contributed by atoms with E-state index in [2.05, 4.69) is 119 Å². The van der Waals surface area contributed by atoms with Crippen molar-refractivity contribution in [3.8, 4) is 67.5 Å². The van der Waals surface area contributed by atoms with E-state index in [4.69, 9.17) is 15.0 Å². The van der Waals surface area contributed by atoms with Gasteiger partial charge in [0.15, 0.2) is 17.5 Å². The van der Waals surface area contributed by atoms with Crippen LogP contribution in [0, 0.1) is 0 Å². The first kappa shape index (κ1) is 29.7. The normalized spacial score (nSPS) is 14.2. The average Bonchev–Trinajstić information content (AvgIpc) is 3.14. The molecule has 0 unspecified atom stereocenters. The largest absolute Gasteiger partial charge is 0.208 e. The van der Waals surface area contributed by atoms with Gasteiger partial charge in [0, 0.05) is 22.1 Å². The van der Waals surface area contributed by atoms with Crippen LogP contribution in [0.3, 0.4) is 0 Å². The summed E-state index contributed by atoms with van der Waals surface area (Å²) in [4.78, 5) is 15.1. The predicted octanol–water partition coefficient (Wildman–Crippen LogP) is 11.4. The second-order valence-corrected chi connectivity index (χ2v) is 13.7. The molecule has 0 saturated heterocycles. The van der Waals surface area contributed by atoms with E-state index < -0.39 is 0 Å². The summed E-state index contributed by atoms with van der Waals surface area (Å²) in [6.07, 6.45) is 0. The minimum absolute atomic E-state index is 0.103. The van der Waals surface area contributed by atoms with Gasteiger partial charge in [-0.2, -0.15) is 0 Å². The monoisotopic (exact) mass is 619 g/mol. The number of hydrogen-bond acceptors (Lipinski definition) is 3. The van der Waals surface area contributed by atoms with E-state index in [1.54, 1.807) is 0 Å². The SMILES string of the molecule is CC1(C)c2ccc(-c3ccccc3-c3nc(-c4ccccc4)nc(-c4ccccc4)n3)cc2-c2cccc(-c3ccccc3)c2C1(C)C. The van der Waals surface area contributed by atoms with Gasteiger partial charge in [-0.05, 0) is 56.0 Å². The first-order valence-corrected chi connectivity index (χ1v) is 16.6. The molecule has 1 heterocycles. The molecule has 0 fully saturated rings. The van der Waals surface area contributed by atoms with Crippen LogP contribution in [0.4, 0.5) is 0 Å². The fourth-order valence-electron chi connectivity index (χ4n) is 7.30. The smallest absolute Gasteiger partial charge is 0.164 e. The van der Waals surface area contributed by atoms with E-state index in [0.29, 0.717) is 17.5 Å². The summed E-state index contributed by atoms with van der Waals surface area (Å²) in [5, 5.41) is 0. The van der Waals surface area contributed by atoms with Gasteiger partial charge in [-0.3, -0.25) is 0 Å². The molecular weight excluding hydrogens is 583 g/mol. The van der Waals surface area contributed by atoms with Crippen LogP contribution in [-0.4, -0.2) is 15.0 Å². The van der Waals surface area contributed by atoms with E-state index >= 15 is 0 Å². The second-order valence-electron chi connectivity index (χ2n) is 13.7. The molecule has 1 aliphatic rings. The summed E-state index contributed by atoms with van der Waals surface area (Å²) < 4.78 is 0. The van der Waals surface area contributed by atoms with Gasteiger partial charge >= 0.3 is 0 Å². The minimum Gasteiger partial charge on any atom is -0.208 e. The van der Waals surface area contributed by atoms with E-state index in [0.717, 1.165) is 27.8 Å². The molecule has 7 aromatic rings. The number of rotatable bonds is 5. The maximum absolute atomic E-state index is 5.07. The lowest BCUT2D eigenvalue weighted by molar-refractivity contribution is 0.300. The maximum Gasteiger partial charge on any atom is 0.164 e. The lowest BCUT2D eigenvalue weighted by Crippen LogP contribution is -2.44. The Morgan fingerprint density at radius 2 is 0.812 bits per heavy atom. The zero-order chi connectivity index (χ0) is 32.9. The van der Waals surface area contributed by atoms with E-state index in [1.807, 2.05) is 60.7 Å². The number of nitrogens with zero attached hydrogens (tertiary/aromatic N) is 3. The van der Waals surface area contributed by atoms with Gasteiger partial charge in [-0.25, -0.2) is 15.0 Å². The van der Waals surface area contributed by atoms with Gasteiger partial charge in [0.2, 0.25) is 0 Å². The summed E-state index contributed by atoms with van der Waals surface area (Å²) in [6, 6.07) is 53.4. The van der Waals surface area contributed by atoms with Crippen molar-refractivity contribution in [3.63, 3.8) is 0 Å². The van der Waals surface area contributed by atoms with Crippen LogP contribution in [0.5, 0.6) is 0 Å². The van der Waals surface area contributed by atoms with Gasteiger partial charge in [0.1, 0.15) is 0 Å². The molecule has 0 amide bonds. The van der Waals surface area contributed by atoms with Crippen molar-refractivity contribution in [2.24, 2.45) is 0 Å². The molecule has 6 aromatic carbocycles. The van der Waals surface area contributed by atoms with Crippen LogP contribution in [-0.2, 0) is 10.8 Å². The average molecular weight is 620 g/mol. The van der Waals surface area contributed by atoms with Gasteiger partial charge < -0.3 is 0 Å². The lowest BCUT2D eigenvalue weighted by atomic mass is 9.54. The third kappa shape index (κ3) is 4.86. The van der Waals surface area contributed by atoms with Crippen molar-refractivity contribution in [2.45, 2.75) is 38.5 Å². The van der Waals surface area contributed by atoms with Gasteiger partial charge in [0.25, 0.3) is 0 Å². The van der Waals surface area contributed by atoms with Crippen molar-refractivity contribution in [2.75, 3.05) is 0 Å². The highest BCUT2D eigenvalue weighted by atomic mass is 15.0. The Labute approximate surface area is 283 Å². The molecule has 0 radical (unpaired) electrons. The Bertz CT molecular complexity index is 2210. The Hall–Kier alpha value is -5.67. The van der Waals surface area contributed by atoms with Gasteiger partial charge in [-0.1, -0.05) is 173 Å². The highest BCUT2D eigenvalue weighted by Gasteiger charge is 2.47. The maximum atomic E-state index is 5.07. The quantitative estimate of drug-likeness (QED) is 0.192. The lowest BCUT2D eigenvalue weighted by Gasteiger charge is -2.49. The van der Waals surface area contributed by atoms with Crippen LogP contribution in [0.15, 0.2) is 152 Å². The topological polar surface area (TPSA) is 38.7 Å². The summed E-state index contributed by atoms with van der Waals surface area (Å²) in [5.74, 6) is 1.97. The summed E-state index contributed by atoms with van der Waals surface area (Å²) in [6.45, 7) is 9.59. The Morgan fingerprint density at radius 3 is 1.42 bits per heavy atom. The molecule has 232 valence electrons. The molecule has 1 aromatic heterocycles. The van der Waals surface area contributed by atoms with Crippen LogP contribution in [0.1, 0.15) is 38.8 Å². The van der Waals surface area contributed by atoms with Crippen molar-refractivity contribution in [3.05, 3.63) is 163 Å². The van der Waals surface area contributed by atoms with Crippen molar-refractivity contribution < 1.29 is 0 Å². The van der Waals surface area contributed by atoms with Crippen LogP contribution >= 0.6 is 0 Å². The number of fused-ring (bicyclic) bond motifs is 3. The minimum atomic E-state index is -0.109. The second kappa shape index (κ2) is 11.5. The third-order valence-corrected chi connectivity index (χ3v) is 10.5. The van der Waals surface area contributed by atoms with Crippen LogP contribution in [0.2, 0.25) is 0 Å². The summed E-state index contributed by atoms with van der Waals surface area (Å²) in [5.41, 5.74) is 12.8. The fourth-order valence-corrected chi connectivity index (χ4v) is 7.30. The molecule has 0 saturated carbocycles. The molecular formula is C45H37N3. The number of hydrogen-bond donors (Lipinski definition) is 0. The van der Waals surface area contributed by atoms with Gasteiger partial charge in [-0.15, -0.1) is 0 Å². The Balaban J connectivity index is 1.33. The fraction of sp³-hybridized carbons (Fsp3) is 0.133. The molecule has 1 aliphatic carbocycles. The zero-order valence-corrected chi connectivity index (χ0v) is 27.8. The van der Waals surface area contributed by atoms with E-state index in [9.17, 15) is 0 Å². The first-order valence-electron chi connectivity index (χ1n) is 16.6. The molecule has 0 spiro atoms. The molecule has 0 atom stereocenters. The van der Waals surface area contributed by atoms with Crippen molar-refractivity contribution >= 4 is 0 Å². The highest BCUT2D eigenvalue weighted by Crippen LogP contribution is 2.56. The zero-order valence-electron chi connectivity index (χ0n) is 27.8. The van der Waals surface area contributed by atoms with Crippen molar-refractivity contribution in [1.29, 1.82) is 0 Å². The van der Waals surface area contributed by atoms with Gasteiger partial charge in [0.05, 0.1) is 0 Å². The number of aromatic nitrogens is 3. The summed E-state index contributed by atoms with van der Waals surface area (Å²) in [7, 11) is 0.